The number of aryl methyl sites for hydroxylation is 1. The van der Waals surface area contributed by atoms with Crippen LogP contribution in [0, 0.1) is 6.92 Å². The monoisotopic (exact) mass is 321 g/mol. The summed E-state index contributed by atoms with van der Waals surface area (Å²) in [5.74, 6) is 1.13. The summed E-state index contributed by atoms with van der Waals surface area (Å²) in [5.41, 5.74) is 9.98. The zero-order valence-electron chi connectivity index (χ0n) is 13.6. The molecule has 0 amide bonds. The lowest BCUT2D eigenvalue weighted by Gasteiger charge is -2.28. The average molecular weight is 321 g/mol. The van der Waals surface area contributed by atoms with Crippen LogP contribution in [-0.4, -0.2) is 41.3 Å². The second-order valence-corrected chi connectivity index (χ2v) is 5.90. The predicted molar refractivity (Wildman–Crippen MR) is 95.0 cm³/mol. The van der Waals surface area contributed by atoms with Crippen LogP contribution in [0.15, 0.2) is 36.5 Å². The fourth-order valence-electron chi connectivity index (χ4n) is 3.14. The Balaban J connectivity index is 1.88. The molecule has 0 spiro atoms. The van der Waals surface area contributed by atoms with Gasteiger partial charge in [-0.2, -0.15) is 4.98 Å². The number of morpholine rings is 1. The molecule has 1 saturated heterocycles. The summed E-state index contributed by atoms with van der Waals surface area (Å²) >= 11 is 0. The van der Waals surface area contributed by atoms with E-state index in [1.165, 1.54) is 0 Å². The number of rotatable bonds is 2. The van der Waals surface area contributed by atoms with Crippen LogP contribution in [0.3, 0.4) is 0 Å². The summed E-state index contributed by atoms with van der Waals surface area (Å²) in [6.45, 7) is 5.11. The number of anilines is 2. The van der Waals surface area contributed by atoms with Gasteiger partial charge in [-0.15, -0.1) is 0 Å². The van der Waals surface area contributed by atoms with Gasteiger partial charge in [-0.05, 0) is 24.6 Å². The molecular weight excluding hydrogens is 302 g/mol. The Morgan fingerprint density at radius 1 is 1.12 bits per heavy atom. The number of benzene rings is 1. The van der Waals surface area contributed by atoms with Gasteiger partial charge in [0.1, 0.15) is 5.82 Å². The van der Waals surface area contributed by atoms with Crippen molar-refractivity contribution in [1.29, 1.82) is 0 Å². The van der Waals surface area contributed by atoms with E-state index in [4.69, 9.17) is 10.5 Å². The van der Waals surface area contributed by atoms with Crippen LogP contribution in [-0.2, 0) is 4.74 Å². The summed E-state index contributed by atoms with van der Waals surface area (Å²) in [6, 6.07) is 10.1. The van der Waals surface area contributed by atoms with Crippen molar-refractivity contribution in [2.75, 3.05) is 36.9 Å². The molecule has 0 atom stereocenters. The number of aromatic nitrogens is 3. The number of fused-ring (bicyclic) bond motifs is 1. The lowest BCUT2D eigenvalue weighted by Crippen LogP contribution is -2.36. The Kier molecular flexibility index (Phi) is 3.74. The summed E-state index contributed by atoms with van der Waals surface area (Å²) in [5, 5.41) is 1.07. The number of ether oxygens (including phenoxy) is 1. The Hall–Kier alpha value is -2.73. The fourth-order valence-corrected chi connectivity index (χ4v) is 3.14. The molecule has 1 aliphatic heterocycles. The largest absolute Gasteiger partial charge is 0.378 e. The maximum Gasteiger partial charge on any atom is 0.222 e. The lowest BCUT2D eigenvalue weighted by molar-refractivity contribution is 0.122. The number of hydrogen-bond donors (Lipinski definition) is 1. The summed E-state index contributed by atoms with van der Waals surface area (Å²) < 4.78 is 5.42. The smallest absolute Gasteiger partial charge is 0.222 e. The minimum absolute atomic E-state index is 0.286. The first kappa shape index (κ1) is 14.8. The molecule has 1 fully saturated rings. The zero-order valence-corrected chi connectivity index (χ0v) is 13.6. The average Bonchev–Trinajstić information content (AvgIpc) is 2.62. The second-order valence-electron chi connectivity index (χ2n) is 5.90. The van der Waals surface area contributed by atoms with E-state index in [9.17, 15) is 0 Å². The first-order chi connectivity index (χ1) is 11.7. The van der Waals surface area contributed by atoms with E-state index < -0.39 is 0 Å². The summed E-state index contributed by atoms with van der Waals surface area (Å²) in [7, 11) is 0. The molecule has 122 valence electrons. The molecule has 1 aliphatic rings. The Morgan fingerprint density at radius 2 is 1.96 bits per heavy atom. The Morgan fingerprint density at radius 3 is 2.79 bits per heavy atom. The third kappa shape index (κ3) is 2.65. The SMILES string of the molecule is Cc1ccc2ncccc2c1-c1cc(N2CCOCC2)nc(N)n1. The van der Waals surface area contributed by atoms with E-state index in [0.29, 0.717) is 13.2 Å². The molecule has 24 heavy (non-hydrogen) atoms. The van der Waals surface area contributed by atoms with Crippen LogP contribution >= 0.6 is 0 Å². The van der Waals surface area contributed by atoms with Gasteiger partial charge in [0.2, 0.25) is 5.95 Å². The van der Waals surface area contributed by atoms with Crippen LogP contribution in [0.1, 0.15) is 5.56 Å². The summed E-state index contributed by atoms with van der Waals surface area (Å²) in [6.07, 6.45) is 1.80. The molecule has 2 N–H and O–H groups in total. The fraction of sp³-hybridized carbons (Fsp3) is 0.278. The normalized spacial score (nSPS) is 15.0. The van der Waals surface area contributed by atoms with E-state index in [0.717, 1.165) is 46.6 Å². The Labute approximate surface area is 140 Å². The van der Waals surface area contributed by atoms with Crippen LogP contribution < -0.4 is 10.6 Å². The van der Waals surface area contributed by atoms with Gasteiger partial charge in [0, 0.05) is 36.3 Å². The van der Waals surface area contributed by atoms with Gasteiger partial charge in [0.25, 0.3) is 0 Å². The highest BCUT2D eigenvalue weighted by molar-refractivity contribution is 5.95. The predicted octanol–water partition coefficient (Wildman–Crippen LogP) is 2.42. The van der Waals surface area contributed by atoms with Crippen LogP contribution in [0.25, 0.3) is 22.2 Å². The van der Waals surface area contributed by atoms with Crippen molar-refractivity contribution in [2.45, 2.75) is 6.92 Å². The maximum absolute atomic E-state index is 6.00. The molecular formula is C18H19N5O. The molecule has 0 radical (unpaired) electrons. The van der Waals surface area contributed by atoms with Crippen molar-refractivity contribution < 1.29 is 4.74 Å². The molecule has 0 bridgehead atoms. The van der Waals surface area contributed by atoms with Gasteiger partial charge in [0.15, 0.2) is 0 Å². The third-order valence-corrected chi connectivity index (χ3v) is 4.31. The lowest BCUT2D eigenvalue weighted by atomic mass is 9.99. The van der Waals surface area contributed by atoms with Gasteiger partial charge in [-0.25, -0.2) is 4.98 Å². The molecule has 6 nitrogen and oxygen atoms in total. The first-order valence-electron chi connectivity index (χ1n) is 8.04. The molecule has 0 unspecified atom stereocenters. The molecule has 6 heteroatoms. The number of pyridine rings is 1. The van der Waals surface area contributed by atoms with Gasteiger partial charge < -0.3 is 15.4 Å². The van der Waals surface area contributed by atoms with E-state index in [1.807, 2.05) is 18.2 Å². The van der Waals surface area contributed by atoms with E-state index in [-0.39, 0.29) is 5.95 Å². The zero-order chi connectivity index (χ0) is 16.5. The quantitative estimate of drug-likeness (QED) is 0.781. The van der Waals surface area contributed by atoms with Gasteiger partial charge in [-0.1, -0.05) is 12.1 Å². The van der Waals surface area contributed by atoms with Crippen LogP contribution in [0.5, 0.6) is 0 Å². The van der Waals surface area contributed by atoms with Crippen molar-refractivity contribution in [3.05, 3.63) is 42.1 Å². The maximum atomic E-state index is 6.00. The standard InChI is InChI=1S/C18H19N5O/c1-12-4-5-14-13(3-2-6-20-14)17(12)15-11-16(22-18(19)21-15)23-7-9-24-10-8-23/h2-6,11H,7-10H2,1H3,(H2,19,21,22). The minimum atomic E-state index is 0.286. The van der Waals surface area contributed by atoms with Crippen molar-refractivity contribution in [3.63, 3.8) is 0 Å². The molecule has 3 aromatic rings. The molecule has 4 rings (SSSR count). The van der Waals surface area contributed by atoms with Crippen molar-refractivity contribution >= 4 is 22.7 Å². The van der Waals surface area contributed by atoms with Gasteiger partial charge in [-0.3, -0.25) is 4.98 Å². The highest BCUT2D eigenvalue weighted by Crippen LogP contribution is 2.32. The van der Waals surface area contributed by atoms with Crippen molar-refractivity contribution in [1.82, 2.24) is 15.0 Å². The summed E-state index contributed by atoms with van der Waals surface area (Å²) in [4.78, 5) is 15.5. The molecule has 1 aromatic carbocycles. The van der Waals surface area contributed by atoms with Crippen molar-refractivity contribution in [3.8, 4) is 11.3 Å². The molecule has 2 aromatic heterocycles. The first-order valence-corrected chi connectivity index (χ1v) is 8.04. The minimum Gasteiger partial charge on any atom is -0.378 e. The van der Waals surface area contributed by atoms with E-state index >= 15 is 0 Å². The number of nitrogens with zero attached hydrogens (tertiary/aromatic N) is 4. The van der Waals surface area contributed by atoms with Crippen molar-refractivity contribution in [2.24, 2.45) is 0 Å². The van der Waals surface area contributed by atoms with Crippen LogP contribution in [0.2, 0.25) is 0 Å². The van der Waals surface area contributed by atoms with E-state index in [2.05, 4.69) is 38.9 Å². The van der Waals surface area contributed by atoms with Gasteiger partial charge in [0.05, 0.1) is 24.4 Å². The number of nitrogens with two attached hydrogens (primary N) is 1. The molecule has 0 saturated carbocycles. The highest BCUT2D eigenvalue weighted by atomic mass is 16.5. The topological polar surface area (TPSA) is 77.2 Å². The number of nitrogen functional groups attached to an aromatic ring is 1. The third-order valence-electron chi connectivity index (χ3n) is 4.31. The van der Waals surface area contributed by atoms with E-state index in [1.54, 1.807) is 6.20 Å². The highest BCUT2D eigenvalue weighted by Gasteiger charge is 2.17. The molecule has 3 heterocycles. The second kappa shape index (κ2) is 6.05. The molecule has 0 aliphatic carbocycles. The van der Waals surface area contributed by atoms with Gasteiger partial charge >= 0.3 is 0 Å². The Bertz CT molecular complexity index is 890. The number of hydrogen-bond acceptors (Lipinski definition) is 6. The van der Waals surface area contributed by atoms with Crippen LogP contribution in [0.4, 0.5) is 11.8 Å².